The van der Waals surface area contributed by atoms with Crippen LogP contribution in [0.5, 0.6) is 0 Å². The van der Waals surface area contributed by atoms with Gasteiger partial charge < -0.3 is 5.11 Å². The van der Waals surface area contributed by atoms with Gasteiger partial charge in [-0.3, -0.25) is 9.80 Å². The Hall–Kier alpha value is -3.51. The van der Waals surface area contributed by atoms with Crippen LogP contribution in [0.15, 0.2) is 101 Å². The third-order valence-corrected chi connectivity index (χ3v) is 4.32. The molecule has 1 saturated heterocycles. The molecule has 27 heavy (non-hydrogen) atoms. The number of carbonyl (C=O) groups excluding carboxylic acids is 1. The number of carbonyl (C=O) groups is 1. The lowest BCUT2D eigenvalue weighted by molar-refractivity contribution is 0.166. The van der Waals surface area contributed by atoms with Crippen molar-refractivity contribution in [2.24, 2.45) is 10.2 Å². The predicted molar refractivity (Wildman–Crippen MR) is 104 cm³/mol. The second kappa shape index (κ2) is 7.39. The number of benzene rings is 3. The lowest BCUT2D eigenvalue weighted by atomic mass is 10.3. The van der Waals surface area contributed by atoms with Gasteiger partial charge in [0.05, 0.1) is 5.69 Å². The normalized spacial score (nSPS) is 19.8. The smallest absolute Gasteiger partial charge is 0.333 e. The topological polar surface area (TPSA) is 68.5 Å². The maximum Gasteiger partial charge on any atom is 0.333 e. The predicted octanol–water partition coefficient (Wildman–Crippen LogP) is 4.56. The van der Waals surface area contributed by atoms with E-state index in [2.05, 4.69) is 10.2 Å². The molecule has 2 unspecified atom stereocenters. The minimum atomic E-state index is -1.16. The Bertz CT molecular complexity index is 932. The Labute approximate surface area is 157 Å². The molecule has 0 aromatic heterocycles. The molecule has 2 amide bonds. The molecule has 0 radical (unpaired) electrons. The third-order valence-electron chi connectivity index (χ3n) is 4.32. The molecule has 6 heteroatoms. The van der Waals surface area contributed by atoms with Crippen molar-refractivity contribution in [3.05, 3.63) is 91.0 Å². The highest BCUT2D eigenvalue weighted by Crippen LogP contribution is 2.33. The highest BCUT2D eigenvalue weighted by atomic mass is 16.3. The van der Waals surface area contributed by atoms with E-state index in [1.54, 1.807) is 12.1 Å². The van der Waals surface area contributed by atoms with E-state index in [1.165, 1.54) is 9.80 Å². The largest absolute Gasteiger partial charge is 0.369 e. The number of hydrogen-bond donors (Lipinski definition) is 1. The maximum atomic E-state index is 13.1. The Morgan fingerprint density at radius 2 is 1.19 bits per heavy atom. The summed E-state index contributed by atoms with van der Waals surface area (Å²) in [6.07, 6.45) is -2.02. The minimum Gasteiger partial charge on any atom is -0.369 e. The molecular weight excluding hydrogens is 340 g/mol. The summed E-state index contributed by atoms with van der Waals surface area (Å²) in [5, 5.41) is 19.4. The molecule has 4 rings (SSSR count). The van der Waals surface area contributed by atoms with E-state index in [1.807, 2.05) is 78.9 Å². The van der Waals surface area contributed by atoms with Crippen LogP contribution in [0.2, 0.25) is 0 Å². The van der Waals surface area contributed by atoms with Crippen LogP contribution in [0.4, 0.5) is 21.9 Å². The van der Waals surface area contributed by atoms with Crippen LogP contribution >= 0.6 is 0 Å². The lowest BCUT2D eigenvalue weighted by Crippen LogP contribution is -2.35. The van der Waals surface area contributed by atoms with Crippen LogP contribution in [0, 0.1) is 0 Å². The van der Waals surface area contributed by atoms with E-state index in [-0.39, 0.29) is 6.03 Å². The maximum absolute atomic E-state index is 13.1. The molecule has 134 valence electrons. The Kier molecular flexibility index (Phi) is 4.63. The third kappa shape index (κ3) is 3.30. The zero-order chi connectivity index (χ0) is 18.6. The zero-order valence-corrected chi connectivity index (χ0v) is 14.5. The number of aliphatic hydroxyl groups excluding tert-OH is 1. The van der Waals surface area contributed by atoms with Gasteiger partial charge in [0.25, 0.3) is 0 Å². The average Bonchev–Trinajstić information content (AvgIpc) is 2.98. The Morgan fingerprint density at radius 3 is 1.74 bits per heavy atom. The van der Waals surface area contributed by atoms with Crippen molar-refractivity contribution in [2.45, 2.75) is 12.4 Å². The number of rotatable bonds is 4. The molecule has 1 aliphatic heterocycles. The van der Waals surface area contributed by atoms with Gasteiger partial charge in [0, 0.05) is 11.4 Å². The van der Waals surface area contributed by atoms with E-state index in [4.69, 9.17) is 0 Å². The van der Waals surface area contributed by atoms with Crippen molar-refractivity contribution in [3.8, 4) is 0 Å². The van der Waals surface area contributed by atoms with E-state index < -0.39 is 12.4 Å². The molecule has 6 nitrogen and oxygen atoms in total. The van der Waals surface area contributed by atoms with Crippen LogP contribution in [-0.4, -0.2) is 23.5 Å². The highest BCUT2D eigenvalue weighted by Gasteiger charge is 2.47. The SMILES string of the molecule is O=C1N(c2ccccc2)C(O)C(N=Nc2ccccc2)N1c1ccccc1. The molecule has 0 bridgehead atoms. The summed E-state index contributed by atoms with van der Waals surface area (Å²) in [7, 11) is 0. The number of nitrogens with zero attached hydrogens (tertiary/aromatic N) is 4. The number of hydrogen-bond acceptors (Lipinski definition) is 4. The molecular formula is C21H18N4O2. The number of anilines is 2. The van der Waals surface area contributed by atoms with Crippen molar-refractivity contribution in [3.63, 3.8) is 0 Å². The fraction of sp³-hybridized carbons (Fsp3) is 0.0952. The zero-order valence-electron chi connectivity index (χ0n) is 14.5. The molecule has 1 N–H and O–H groups in total. The molecule has 1 heterocycles. The molecule has 2 atom stereocenters. The quantitative estimate of drug-likeness (QED) is 0.695. The first kappa shape index (κ1) is 16.9. The minimum absolute atomic E-state index is 0.350. The first-order valence-electron chi connectivity index (χ1n) is 8.62. The second-order valence-electron chi connectivity index (χ2n) is 6.07. The fourth-order valence-electron chi connectivity index (χ4n) is 3.04. The van der Waals surface area contributed by atoms with Crippen molar-refractivity contribution in [1.82, 2.24) is 0 Å². The van der Waals surface area contributed by atoms with E-state index in [9.17, 15) is 9.90 Å². The summed E-state index contributed by atoms with van der Waals surface area (Å²) in [5.74, 6) is 0. The summed E-state index contributed by atoms with van der Waals surface area (Å²) >= 11 is 0. The van der Waals surface area contributed by atoms with Gasteiger partial charge in [-0.2, -0.15) is 10.2 Å². The van der Waals surface area contributed by atoms with Gasteiger partial charge in [0.15, 0.2) is 12.4 Å². The first-order chi connectivity index (χ1) is 13.3. The standard InChI is InChI=1S/C21H18N4O2/c26-20-19(23-22-16-10-4-1-5-11-16)24(17-12-6-2-7-13-17)21(27)25(20)18-14-8-3-9-15-18/h1-15,19-20,26H. The molecule has 0 aliphatic carbocycles. The van der Waals surface area contributed by atoms with Crippen LogP contribution in [0.3, 0.4) is 0 Å². The number of amides is 2. The Balaban J connectivity index is 1.73. The summed E-state index contributed by atoms with van der Waals surface area (Å²) in [5.41, 5.74) is 1.91. The number of azo groups is 1. The van der Waals surface area contributed by atoms with Gasteiger partial charge in [0.1, 0.15) is 0 Å². The first-order valence-corrected chi connectivity index (χ1v) is 8.62. The highest BCUT2D eigenvalue weighted by molar-refractivity contribution is 6.07. The molecule has 0 spiro atoms. The van der Waals surface area contributed by atoms with E-state index >= 15 is 0 Å². The van der Waals surface area contributed by atoms with Crippen molar-refractivity contribution in [2.75, 3.05) is 9.80 Å². The summed E-state index contributed by atoms with van der Waals surface area (Å²) in [6, 6.07) is 27.1. The van der Waals surface area contributed by atoms with Crippen molar-refractivity contribution >= 4 is 23.1 Å². The monoisotopic (exact) mass is 358 g/mol. The lowest BCUT2D eigenvalue weighted by Gasteiger charge is -2.19. The van der Waals surface area contributed by atoms with Gasteiger partial charge in [0.2, 0.25) is 0 Å². The van der Waals surface area contributed by atoms with E-state index in [0.29, 0.717) is 17.1 Å². The van der Waals surface area contributed by atoms with Gasteiger partial charge in [-0.05, 0) is 36.4 Å². The van der Waals surface area contributed by atoms with Gasteiger partial charge in [-0.1, -0.05) is 54.6 Å². The number of para-hydroxylation sites is 2. The van der Waals surface area contributed by atoms with Crippen LogP contribution in [0.1, 0.15) is 0 Å². The van der Waals surface area contributed by atoms with Crippen molar-refractivity contribution < 1.29 is 9.90 Å². The Morgan fingerprint density at radius 1 is 0.704 bits per heavy atom. The number of urea groups is 1. The molecule has 0 saturated carbocycles. The van der Waals surface area contributed by atoms with Crippen LogP contribution < -0.4 is 9.80 Å². The average molecular weight is 358 g/mol. The molecule has 1 aliphatic rings. The molecule has 3 aromatic rings. The van der Waals surface area contributed by atoms with Gasteiger partial charge >= 0.3 is 6.03 Å². The summed E-state index contributed by atoms with van der Waals surface area (Å²) in [6.45, 7) is 0. The van der Waals surface area contributed by atoms with E-state index in [0.717, 1.165) is 0 Å². The van der Waals surface area contributed by atoms with Crippen LogP contribution in [0.25, 0.3) is 0 Å². The molecule has 3 aromatic carbocycles. The van der Waals surface area contributed by atoms with Gasteiger partial charge in [-0.25, -0.2) is 4.79 Å². The second-order valence-corrected chi connectivity index (χ2v) is 6.07. The summed E-state index contributed by atoms with van der Waals surface area (Å²) < 4.78 is 0. The number of aliphatic hydroxyl groups is 1. The fourth-order valence-corrected chi connectivity index (χ4v) is 3.04. The van der Waals surface area contributed by atoms with Crippen molar-refractivity contribution in [1.29, 1.82) is 0 Å². The molecule has 1 fully saturated rings. The van der Waals surface area contributed by atoms with Gasteiger partial charge in [-0.15, -0.1) is 0 Å². The van der Waals surface area contributed by atoms with Crippen LogP contribution in [-0.2, 0) is 0 Å². The summed E-state index contributed by atoms with van der Waals surface area (Å²) in [4.78, 5) is 15.9.